The lowest BCUT2D eigenvalue weighted by Crippen LogP contribution is -2.32. The molecule has 1 aliphatic heterocycles. The maximum Gasteiger partial charge on any atom is 0.323 e. The predicted molar refractivity (Wildman–Crippen MR) is 121 cm³/mol. The van der Waals surface area contributed by atoms with Crippen molar-refractivity contribution in [2.24, 2.45) is 0 Å². The van der Waals surface area contributed by atoms with Gasteiger partial charge in [-0.2, -0.15) is 0 Å². The lowest BCUT2D eigenvalue weighted by atomic mass is 10.1. The van der Waals surface area contributed by atoms with Crippen LogP contribution in [0.4, 0.5) is 17.1 Å². The molecule has 1 N–H and O–H groups in total. The number of nitrogens with zero attached hydrogens (tertiary/aromatic N) is 4. The van der Waals surface area contributed by atoms with Crippen LogP contribution in [0.2, 0.25) is 0 Å². The van der Waals surface area contributed by atoms with Crippen LogP contribution in [0.25, 0.3) is 11.0 Å². The van der Waals surface area contributed by atoms with E-state index in [0.29, 0.717) is 36.5 Å². The van der Waals surface area contributed by atoms with Gasteiger partial charge in [0, 0.05) is 19.7 Å². The molecule has 1 fully saturated rings. The number of aromatic nitrogens is 2. The van der Waals surface area contributed by atoms with Crippen LogP contribution in [0.1, 0.15) is 24.2 Å². The monoisotopic (exact) mass is 449 g/mol. The van der Waals surface area contributed by atoms with Gasteiger partial charge in [0.2, 0.25) is 5.52 Å². The van der Waals surface area contributed by atoms with Gasteiger partial charge in [-0.05, 0) is 46.9 Å². The Morgan fingerprint density at radius 1 is 1.15 bits per heavy atom. The largest absolute Gasteiger partial charge is 0.467 e. The number of nitro groups is 1. The summed E-state index contributed by atoms with van der Waals surface area (Å²) in [5.74, 6) is 0.759. The van der Waals surface area contributed by atoms with E-state index in [1.165, 1.54) is 0 Å². The van der Waals surface area contributed by atoms with Crippen LogP contribution >= 0.6 is 0 Å². The number of furan rings is 1. The van der Waals surface area contributed by atoms with E-state index in [-0.39, 0.29) is 17.3 Å². The normalized spacial score (nSPS) is 15.7. The second-order valence-corrected chi connectivity index (χ2v) is 7.94. The molecule has 0 radical (unpaired) electrons. The lowest BCUT2D eigenvalue weighted by molar-refractivity contribution is -0.382. The fourth-order valence-corrected chi connectivity index (χ4v) is 4.14. The van der Waals surface area contributed by atoms with Crippen LogP contribution in [-0.2, 0) is 17.8 Å². The molecule has 0 bridgehead atoms. The smallest absolute Gasteiger partial charge is 0.323 e. The van der Waals surface area contributed by atoms with E-state index in [9.17, 15) is 10.1 Å². The van der Waals surface area contributed by atoms with Gasteiger partial charge < -0.3 is 19.4 Å². The summed E-state index contributed by atoms with van der Waals surface area (Å²) >= 11 is 0. The third-order valence-electron chi connectivity index (χ3n) is 5.72. The van der Waals surface area contributed by atoms with Gasteiger partial charge in [0.1, 0.15) is 11.4 Å². The van der Waals surface area contributed by atoms with Gasteiger partial charge in [-0.15, -0.1) is 0 Å². The highest BCUT2D eigenvalue weighted by Crippen LogP contribution is 2.39. The van der Waals surface area contributed by atoms with Crippen molar-refractivity contribution in [2.75, 3.05) is 23.4 Å². The standard InChI is InChI=1S/C23H23N5O5/c29-28(30)23-19(24-13-16-6-2-1-3-7-16)12-20(21-22(23)26-33-25-21)27(14-17-8-4-10-31-17)15-18-9-5-11-32-18/h1-4,6-8,10,12,18,24H,5,9,11,13-15H2. The molecule has 2 aromatic heterocycles. The molecule has 5 rings (SSSR count). The number of anilines is 2. The van der Waals surface area contributed by atoms with E-state index in [1.54, 1.807) is 12.3 Å². The Bertz CT molecular complexity index is 1220. The lowest BCUT2D eigenvalue weighted by Gasteiger charge is -2.27. The predicted octanol–water partition coefficient (Wildman–Crippen LogP) is 4.52. The number of rotatable bonds is 9. The van der Waals surface area contributed by atoms with E-state index in [2.05, 4.69) is 20.5 Å². The summed E-state index contributed by atoms with van der Waals surface area (Å²) in [7, 11) is 0. The van der Waals surface area contributed by atoms with Crippen molar-refractivity contribution in [1.29, 1.82) is 0 Å². The van der Waals surface area contributed by atoms with Crippen molar-refractivity contribution in [3.8, 4) is 0 Å². The van der Waals surface area contributed by atoms with Crippen LogP contribution in [-0.4, -0.2) is 34.5 Å². The summed E-state index contributed by atoms with van der Waals surface area (Å²) < 4.78 is 16.4. The Kier molecular flexibility index (Phi) is 5.90. The number of fused-ring (bicyclic) bond motifs is 1. The molecule has 10 nitrogen and oxygen atoms in total. The molecule has 10 heteroatoms. The molecule has 1 atom stereocenters. The highest BCUT2D eigenvalue weighted by molar-refractivity contribution is 5.99. The average Bonchev–Trinajstić information content (AvgIpc) is 3.60. The minimum Gasteiger partial charge on any atom is -0.467 e. The van der Waals surface area contributed by atoms with Crippen LogP contribution in [0.3, 0.4) is 0 Å². The molecule has 33 heavy (non-hydrogen) atoms. The van der Waals surface area contributed by atoms with Crippen molar-refractivity contribution in [3.05, 3.63) is 76.2 Å². The summed E-state index contributed by atoms with van der Waals surface area (Å²) in [6.45, 7) is 2.18. The summed E-state index contributed by atoms with van der Waals surface area (Å²) in [4.78, 5) is 13.6. The molecular weight excluding hydrogens is 426 g/mol. The first-order chi connectivity index (χ1) is 16.2. The van der Waals surface area contributed by atoms with Gasteiger partial charge in [0.15, 0.2) is 5.52 Å². The van der Waals surface area contributed by atoms with E-state index in [1.807, 2.05) is 42.5 Å². The molecule has 0 amide bonds. The second kappa shape index (κ2) is 9.29. The van der Waals surface area contributed by atoms with Crippen LogP contribution < -0.4 is 10.2 Å². The van der Waals surface area contributed by atoms with Crippen LogP contribution in [0, 0.1) is 10.1 Å². The van der Waals surface area contributed by atoms with Crippen LogP contribution in [0.5, 0.6) is 0 Å². The van der Waals surface area contributed by atoms with E-state index < -0.39 is 4.92 Å². The molecule has 4 aromatic rings. The summed E-state index contributed by atoms with van der Waals surface area (Å²) in [6, 6.07) is 15.1. The molecule has 1 saturated heterocycles. The fourth-order valence-electron chi connectivity index (χ4n) is 4.14. The van der Waals surface area contributed by atoms with Gasteiger partial charge in [-0.1, -0.05) is 30.3 Å². The Morgan fingerprint density at radius 2 is 2.00 bits per heavy atom. The third kappa shape index (κ3) is 4.51. The molecule has 3 heterocycles. The van der Waals surface area contributed by atoms with Gasteiger partial charge >= 0.3 is 5.69 Å². The summed E-state index contributed by atoms with van der Waals surface area (Å²) in [6.07, 6.45) is 3.62. The molecule has 0 saturated carbocycles. The first-order valence-electron chi connectivity index (χ1n) is 10.8. The second-order valence-electron chi connectivity index (χ2n) is 7.94. The van der Waals surface area contributed by atoms with Gasteiger partial charge in [-0.25, -0.2) is 4.63 Å². The van der Waals surface area contributed by atoms with Crippen molar-refractivity contribution < 1.29 is 18.7 Å². The number of hydrogen-bond acceptors (Lipinski definition) is 9. The van der Waals surface area contributed by atoms with E-state index in [0.717, 1.165) is 30.8 Å². The number of ether oxygens (including phenoxy) is 1. The first kappa shape index (κ1) is 21.0. The zero-order chi connectivity index (χ0) is 22.6. The molecular formula is C23H23N5O5. The Hall–Kier alpha value is -3.92. The number of hydrogen-bond donors (Lipinski definition) is 1. The third-order valence-corrected chi connectivity index (χ3v) is 5.72. The Morgan fingerprint density at radius 3 is 2.73 bits per heavy atom. The molecule has 2 aromatic carbocycles. The Balaban J connectivity index is 1.56. The van der Waals surface area contributed by atoms with Gasteiger partial charge in [0.25, 0.3) is 0 Å². The molecule has 1 aliphatic rings. The van der Waals surface area contributed by atoms with E-state index in [4.69, 9.17) is 13.8 Å². The SMILES string of the molecule is O=[N+]([O-])c1c(NCc2ccccc2)cc(N(Cc2ccco2)CC2CCCO2)c2nonc12. The summed E-state index contributed by atoms with van der Waals surface area (Å²) in [5.41, 5.74) is 2.28. The maximum atomic E-state index is 12.0. The highest BCUT2D eigenvalue weighted by atomic mass is 16.6. The minimum atomic E-state index is -0.458. The minimum absolute atomic E-state index is 0.0470. The van der Waals surface area contributed by atoms with E-state index >= 15 is 0 Å². The molecule has 0 aliphatic carbocycles. The Labute approximate surface area is 189 Å². The number of benzene rings is 2. The van der Waals surface area contributed by atoms with Gasteiger partial charge in [-0.3, -0.25) is 10.1 Å². The summed E-state index contributed by atoms with van der Waals surface area (Å²) in [5, 5.41) is 23.1. The van der Waals surface area contributed by atoms with Crippen molar-refractivity contribution in [2.45, 2.75) is 32.0 Å². The van der Waals surface area contributed by atoms with Crippen LogP contribution in [0.15, 0.2) is 63.8 Å². The number of nitrogens with one attached hydrogen (secondary N) is 1. The molecule has 1 unspecified atom stereocenters. The van der Waals surface area contributed by atoms with Crippen molar-refractivity contribution in [1.82, 2.24) is 10.3 Å². The zero-order valence-electron chi connectivity index (χ0n) is 17.8. The van der Waals surface area contributed by atoms with Gasteiger partial charge in [0.05, 0.1) is 29.5 Å². The molecule has 170 valence electrons. The zero-order valence-corrected chi connectivity index (χ0v) is 17.8. The number of nitro benzene ring substituents is 1. The maximum absolute atomic E-state index is 12.0. The molecule has 0 spiro atoms. The topological polar surface area (TPSA) is 120 Å². The fraction of sp³-hybridized carbons (Fsp3) is 0.304. The first-order valence-corrected chi connectivity index (χ1v) is 10.8. The van der Waals surface area contributed by atoms with Crippen molar-refractivity contribution in [3.63, 3.8) is 0 Å². The highest BCUT2D eigenvalue weighted by Gasteiger charge is 2.29. The average molecular weight is 449 g/mol. The van der Waals surface area contributed by atoms with Crippen molar-refractivity contribution >= 4 is 28.1 Å². The quantitative estimate of drug-likeness (QED) is 0.290.